The van der Waals surface area contributed by atoms with Crippen LogP contribution in [0.4, 0.5) is 0 Å². The van der Waals surface area contributed by atoms with Gasteiger partial charge in [-0.15, -0.1) is 10.2 Å². The average molecular weight is 673 g/mol. The van der Waals surface area contributed by atoms with Gasteiger partial charge in [-0.25, -0.2) is 9.36 Å². The number of aromatic hydroxyl groups is 1. The fourth-order valence-electron chi connectivity index (χ4n) is 5.40. The number of nitrogens with zero attached hydrogens (tertiary/aromatic N) is 6. The zero-order valence-electron chi connectivity index (χ0n) is 26.8. The molecule has 0 saturated heterocycles. The summed E-state index contributed by atoms with van der Waals surface area (Å²) in [6.45, 7) is 4.21. The Morgan fingerprint density at radius 1 is 0.857 bits per heavy atom. The Morgan fingerprint density at radius 2 is 1.47 bits per heavy atom. The van der Waals surface area contributed by atoms with Crippen molar-refractivity contribution in [1.29, 1.82) is 0 Å². The number of benzene rings is 2. The molecule has 4 amide bonds. The summed E-state index contributed by atoms with van der Waals surface area (Å²) in [5.74, 6) is -0.837. The van der Waals surface area contributed by atoms with Gasteiger partial charge in [0.2, 0.25) is 0 Å². The van der Waals surface area contributed by atoms with Crippen LogP contribution in [-0.2, 0) is 6.61 Å². The van der Waals surface area contributed by atoms with Gasteiger partial charge in [0.15, 0.2) is 11.4 Å². The second-order valence-electron chi connectivity index (χ2n) is 11.8. The number of aliphatic hydroxyl groups is 1. The number of hydrogen-bond donors (Lipinski definition) is 6. The number of ether oxygens (including phenoxy) is 1. The molecule has 49 heavy (non-hydrogen) atoms. The van der Waals surface area contributed by atoms with Crippen LogP contribution in [0.3, 0.4) is 0 Å². The van der Waals surface area contributed by atoms with Crippen molar-refractivity contribution >= 4 is 23.6 Å². The first-order chi connectivity index (χ1) is 23.6. The summed E-state index contributed by atoms with van der Waals surface area (Å²) in [6, 6.07) is 9.58. The monoisotopic (exact) mass is 672 g/mol. The van der Waals surface area contributed by atoms with Crippen molar-refractivity contribution in [3.05, 3.63) is 70.3 Å². The highest BCUT2D eigenvalue weighted by atomic mass is 16.5. The highest BCUT2D eigenvalue weighted by Crippen LogP contribution is 2.48. The number of aromatic nitrogens is 6. The van der Waals surface area contributed by atoms with E-state index in [2.05, 4.69) is 36.6 Å². The van der Waals surface area contributed by atoms with E-state index in [1.807, 2.05) is 6.92 Å². The van der Waals surface area contributed by atoms with E-state index in [0.717, 1.165) is 25.7 Å². The molecule has 1 atom stereocenters. The number of aliphatic hydroxyl groups excluding tert-OH is 1. The standard InChI is InChI=1S/C16H19N5O4.C16H17N5O3/c1-2-17-15(24)9-3-6-11(13(23)7-9)21-12(8-22)14(19-20-21)16(25)18-10-4-5-10;1-2-18-16(23)9-5-6-10-11(7-9)24-14(8-3-4-8)13-12(15(17)22)19-20-21(10)13/h3,6-7,10,22-23H,2,4-5,8H2,1H3,(H,17,24)(H,18,25);5-8,14H,2-4H2,1H3,(H2,17,22)(H,18,23). The molecule has 0 bridgehead atoms. The maximum Gasteiger partial charge on any atom is 0.274 e. The van der Waals surface area contributed by atoms with Gasteiger partial charge in [-0.2, -0.15) is 0 Å². The zero-order chi connectivity index (χ0) is 34.8. The fourth-order valence-corrected chi connectivity index (χ4v) is 5.40. The van der Waals surface area contributed by atoms with E-state index in [9.17, 15) is 29.4 Å². The van der Waals surface area contributed by atoms with Gasteiger partial charge in [-0.05, 0) is 75.9 Å². The second kappa shape index (κ2) is 13.7. The van der Waals surface area contributed by atoms with Gasteiger partial charge in [0.25, 0.3) is 23.6 Å². The van der Waals surface area contributed by atoms with Gasteiger partial charge in [0.1, 0.15) is 40.4 Å². The number of nitrogens with two attached hydrogens (primary N) is 1. The minimum absolute atomic E-state index is 0.0154. The molecular weight excluding hydrogens is 636 g/mol. The quantitative estimate of drug-likeness (QED) is 0.139. The molecule has 2 aliphatic carbocycles. The summed E-state index contributed by atoms with van der Waals surface area (Å²) in [6.07, 6.45) is 3.56. The molecule has 4 aromatic rings. The van der Waals surface area contributed by atoms with E-state index in [1.165, 1.54) is 22.9 Å². The minimum Gasteiger partial charge on any atom is -0.506 e. The predicted octanol–water partition coefficient (Wildman–Crippen LogP) is 1.07. The molecule has 7 rings (SSSR count). The molecular formula is C32H36N10O7. The molecule has 2 aromatic carbocycles. The number of rotatable bonds is 10. The lowest BCUT2D eigenvalue weighted by molar-refractivity contribution is 0.0937. The molecule has 3 aliphatic rings. The Morgan fingerprint density at radius 3 is 2.04 bits per heavy atom. The number of amides is 4. The second-order valence-corrected chi connectivity index (χ2v) is 11.8. The van der Waals surface area contributed by atoms with Gasteiger partial charge in [0, 0.05) is 36.2 Å². The Balaban J connectivity index is 0.000000170. The molecule has 2 fully saturated rings. The molecule has 0 spiro atoms. The summed E-state index contributed by atoms with van der Waals surface area (Å²) in [7, 11) is 0. The van der Waals surface area contributed by atoms with Crippen LogP contribution in [0.5, 0.6) is 11.5 Å². The Labute approximate surface area is 279 Å². The lowest BCUT2D eigenvalue weighted by Gasteiger charge is -2.27. The van der Waals surface area contributed by atoms with E-state index in [-0.39, 0.29) is 52.5 Å². The van der Waals surface area contributed by atoms with Crippen molar-refractivity contribution in [2.75, 3.05) is 13.1 Å². The maximum absolute atomic E-state index is 12.2. The molecule has 17 nitrogen and oxygen atoms in total. The third-order valence-electron chi connectivity index (χ3n) is 8.14. The molecule has 7 N–H and O–H groups in total. The maximum atomic E-state index is 12.2. The van der Waals surface area contributed by atoms with E-state index in [1.54, 1.807) is 29.8 Å². The number of carbonyl (C=O) groups excluding carboxylic acids is 4. The number of carbonyl (C=O) groups is 4. The Hall–Kier alpha value is -5.84. The van der Waals surface area contributed by atoms with Gasteiger partial charge < -0.3 is 36.6 Å². The molecule has 2 saturated carbocycles. The van der Waals surface area contributed by atoms with E-state index >= 15 is 0 Å². The van der Waals surface area contributed by atoms with Crippen LogP contribution in [0.1, 0.15) is 98.7 Å². The lowest BCUT2D eigenvalue weighted by Crippen LogP contribution is -2.27. The molecule has 2 aromatic heterocycles. The number of primary amides is 1. The molecule has 1 aliphatic heterocycles. The van der Waals surface area contributed by atoms with Crippen LogP contribution in [0.15, 0.2) is 36.4 Å². The topological polar surface area (TPSA) is 242 Å². The van der Waals surface area contributed by atoms with Crippen molar-refractivity contribution in [3.63, 3.8) is 0 Å². The fraction of sp³-hybridized carbons (Fsp3) is 0.375. The van der Waals surface area contributed by atoms with Crippen molar-refractivity contribution in [2.24, 2.45) is 11.7 Å². The molecule has 3 heterocycles. The van der Waals surface area contributed by atoms with E-state index in [0.29, 0.717) is 47.3 Å². The van der Waals surface area contributed by atoms with Gasteiger partial charge in [-0.3, -0.25) is 19.2 Å². The highest BCUT2D eigenvalue weighted by molar-refractivity contribution is 5.96. The van der Waals surface area contributed by atoms with Crippen LogP contribution in [0.2, 0.25) is 0 Å². The molecule has 0 radical (unpaired) electrons. The van der Waals surface area contributed by atoms with Crippen LogP contribution in [-0.4, -0.2) is 83.0 Å². The average Bonchev–Trinajstić information content (AvgIpc) is 4.01. The third-order valence-corrected chi connectivity index (χ3v) is 8.14. The molecule has 256 valence electrons. The van der Waals surface area contributed by atoms with Crippen LogP contribution < -0.4 is 26.4 Å². The van der Waals surface area contributed by atoms with Crippen LogP contribution in [0.25, 0.3) is 11.4 Å². The first kappa shape index (κ1) is 33.1. The molecule has 17 heteroatoms. The largest absolute Gasteiger partial charge is 0.506 e. The van der Waals surface area contributed by atoms with Crippen molar-refractivity contribution < 1.29 is 34.1 Å². The third kappa shape index (κ3) is 6.78. The number of fused-ring (bicyclic) bond motifs is 3. The van der Waals surface area contributed by atoms with Crippen LogP contribution >= 0.6 is 0 Å². The number of hydrogen-bond acceptors (Lipinski definition) is 11. The van der Waals surface area contributed by atoms with Crippen molar-refractivity contribution in [2.45, 2.75) is 58.3 Å². The Bertz CT molecular complexity index is 1930. The zero-order valence-corrected chi connectivity index (χ0v) is 26.8. The smallest absolute Gasteiger partial charge is 0.274 e. The van der Waals surface area contributed by atoms with Crippen molar-refractivity contribution in [1.82, 2.24) is 45.9 Å². The Kier molecular flexibility index (Phi) is 9.26. The van der Waals surface area contributed by atoms with Crippen LogP contribution in [0, 0.1) is 5.92 Å². The van der Waals surface area contributed by atoms with E-state index < -0.39 is 18.4 Å². The summed E-state index contributed by atoms with van der Waals surface area (Å²) < 4.78 is 8.91. The lowest BCUT2D eigenvalue weighted by atomic mass is 10.1. The number of nitrogens with one attached hydrogen (secondary N) is 3. The van der Waals surface area contributed by atoms with E-state index in [4.69, 9.17) is 10.5 Å². The normalized spacial score (nSPS) is 15.9. The first-order valence-electron chi connectivity index (χ1n) is 16.0. The predicted molar refractivity (Wildman–Crippen MR) is 171 cm³/mol. The summed E-state index contributed by atoms with van der Waals surface area (Å²) in [5, 5.41) is 43.7. The summed E-state index contributed by atoms with van der Waals surface area (Å²) >= 11 is 0. The van der Waals surface area contributed by atoms with Gasteiger partial charge >= 0.3 is 0 Å². The first-order valence-corrected chi connectivity index (χ1v) is 16.0. The summed E-state index contributed by atoms with van der Waals surface area (Å²) in [4.78, 5) is 47.7. The SMILES string of the molecule is CCNC(=O)c1ccc(-n2nnc(C(=O)NC3CC3)c2CO)c(O)c1.CCNC(=O)c1ccc2c(c1)OC(C1CC1)c1c(C(N)=O)nnn1-2. The van der Waals surface area contributed by atoms with Crippen molar-refractivity contribution in [3.8, 4) is 22.9 Å². The highest BCUT2D eigenvalue weighted by Gasteiger charge is 2.43. The van der Waals surface area contributed by atoms with Gasteiger partial charge in [-0.1, -0.05) is 10.4 Å². The number of phenolic OH excluding ortho intramolecular Hbond substituents is 1. The number of phenols is 1. The molecule has 1 unspecified atom stereocenters. The summed E-state index contributed by atoms with van der Waals surface area (Å²) in [5.41, 5.74) is 8.02. The van der Waals surface area contributed by atoms with Gasteiger partial charge in [0.05, 0.1) is 6.61 Å². The minimum atomic E-state index is -0.618.